The van der Waals surface area contributed by atoms with Gasteiger partial charge in [-0.3, -0.25) is 38.4 Å². The summed E-state index contributed by atoms with van der Waals surface area (Å²) in [5.74, 6) is -5.84. The van der Waals surface area contributed by atoms with Crippen LogP contribution in [-0.4, -0.2) is 103 Å². The molecule has 0 spiro atoms. The van der Waals surface area contributed by atoms with E-state index in [4.69, 9.17) is 4.55 Å². The Labute approximate surface area is 366 Å². The zero-order valence-corrected chi connectivity index (χ0v) is 35.6. The first kappa shape index (κ1) is 49.7. The Morgan fingerprint density at radius 1 is 0.530 bits per heavy atom. The van der Waals surface area contributed by atoms with E-state index in [-0.39, 0.29) is 0 Å². The molecule has 8 N–H and O–H groups in total. The molecule has 0 aliphatic heterocycles. The monoisotopic (exact) mass is 1020 g/mol. The van der Waals surface area contributed by atoms with Crippen LogP contribution >= 0.6 is 0 Å². The molecule has 0 aliphatic rings. The predicted octanol–water partition coefficient (Wildman–Crippen LogP) is 5.06. The molecule has 0 saturated heterocycles. The highest BCUT2D eigenvalue weighted by Gasteiger charge is 2.28. The predicted molar refractivity (Wildman–Crippen MR) is 215 cm³/mol. The number of benzene rings is 5. The molecular formula is C30H22N8O23S5. The van der Waals surface area contributed by atoms with Crippen molar-refractivity contribution in [1.82, 2.24) is 0 Å². The third kappa shape index (κ3) is 11.1. The summed E-state index contributed by atoms with van der Waals surface area (Å²) in [4.78, 5) is 15.6. The van der Waals surface area contributed by atoms with Crippen LogP contribution in [0.3, 0.4) is 0 Å². The van der Waals surface area contributed by atoms with Crippen LogP contribution in [0.2, 0.25) is 0 Å². The number of phenolic OH excluding ortho intramolecular Hbond substituents is 4. The van der Waals surface area contributed by atoms with Crippen LogP contribution in [0.1, 0.15) is 0 Å². The summed E-state index contributed by atoms with van der Waals surface area (Å²) in [7, 11) is -26.1. The van der Waals surface area contributed by atoms with Gasteiger partial charge >= 0.3 is 16.1 Å². The van der Waals surface area contributed by atoms with Crippen molar-refractivity contribution in [2.75, 3.05) is 12.4 Å². The molecule has 0 aromatic heterocycles. The second kappa shape index (κ2) is 17.9. The lowest BCUT2D eigenvalue weighted by molar-refractivity contribution is -0.394. The van der Waals surface area contributed by atoms with Gasteiger partial charge in [0.1, 0.15) is 38.3 Å². The summed E-state index contributed by atoms with van der Waals surface area (Å²) >= 11 is 0. The molecule has 0 fully saturated rings. The fraction of sp³-hybridized carbons (Fsp3) is 0.0667. The van der Waals surface area contributed by atoms with Gasteiger partial charge in [0, 0.05) is 6.07 Å². The minimum absolute atomic E-state index is 0.293. The number of azo groups is 3. The van der Waals surface area contributed by atoms with Gasteiger partial charge in [0.2, 0.25) is 5.75 Å². The summed E-state index contributed by atoms with van der Waals surface area (Å²) in [6.07, 6.45) is 0. The van der Waals surface area contributed by atoms with Crippen LogP contribution in [0, 0.1) is 20.2 Å². The van der Waals surface area contributed by atoms with E-state index in [1.54, 1.807) is 0 Å². The summed E-state index contributed by atoms with van der Waals surface area (Å²) in [6, 6.07) is 5.52. The molecule has 5 rings (SSSR count). The molecule has 0 radical (unpaired) electrons. The number of nitrogens with zero attached hydrogens (tertiary/aromatic N) is 8. The van der Waals surface area contributed by atoms with Gasteiger partial charge in [-0.2, -0.15) is 33.7 Å². The number of nitro benzene ring substituents is 2. The van der Waals surface area contributed by atoms with Gasteiger partial charge < -0.3 is 20.4 Å². The smallest absolute Gasteiger partial charge is 0.397 e. The number of hydrogen-bond acceptors (Lipinski definition) is 25. The third-order valence-electron chi connectivity index (χ3n) is 8.18. The maximum Gasteiger partial charge on any atom is 0.397 e. The van der Waals surface area contributed by atoms with Crippen LogP contribution in [0.15, 0.2) is 111 Å². The van der Waals surface area contributed by atoms with Crippen molar-refractivity contribution < 1.29 is 94.8 Å². The molecule has 0 saturated carbocycles. The number of nitro groups is 2. The van der Waals surface area contributed by atoms with E-state index in [1.807, 2.05) is 0 Å². The first-order chi connectivity index (χ1) is 30.3. The highest BCUT2D eigenvalue weighted by molar-refractivity contribution is 7.91. The van der Waals surface area contributed by atoms with Crippen molar-refractivity contribution >= 4 is 107 Å². The summed E-state index contributed by atoms with van der Waals surface area (Å²) in [6.45, 7) is -1.16. The first-order valence-corrected chi connectivity index (χ1v) is 23.8. The minimum Gasteiger partial charge on any atom is -0.505 e. The average Bonchev–Trinajstić information content (AvgIpc) is 3.18. The zero-order chi connectivity index (χ0) is 49.5. The van der Waals surface area contributed by atoms with E-state index in [9.17, 15) is 96.4 Å². The standard InChI is InChI=1S/C30H22N8O23S5/c39-22-4-3-18(29(41)26(22)35-34-20-9-14(37(43)44)10-21(28(20)40)38(45)46)32-33-19-11-16(63(49,50)51)7-13-8-24(65(55,56)57)27(30(42)25(13)19)36-31-17-2-1-15(12-23(17)64(52,53)54)62(47,48)6-5-61-66(58,59)60/h1-4,7-12,39-42H,5-6H2,(H,49,50,51)(H,52,53,54)(H,55,56,57)(H,58,59,60)/b33-32-,35-34+,36-31+. The largest absolute Gasteiger partial charge is 0.505 e. The molecule has 0 unspecified atom stereocenters. The molecular weight excluding hydrogens is 1000 g/mol. The number of sulfone groups is 1. The number of aromatic hydroxyl groups is 4. The van der Waals surface area contributed by atoms with Gasteiger partial charge in [-0.15, -0.1) is 30.7 Å². The summed E-state index contributed by atoms with van der Waals surface area (Å²) in [5.41, 5.74) is -7.79. The molecule has 0 heterocycles. The summed E-state index contributed by atoms with van der Waals surface area (Å²) < 4.78 is 164. The molecule has 5 aromatic carbocycles. The van der Waals surface area contributed by atoms with Crippen molar-refractivity contribution in [3.05, 3.63) is 80.9 Å². The molecule has 36 heteroatoms. The quantitative estimate of drug-likeness (QED) is 0.0277. The maximum absolute atomic E-state index is 12.7. The zero-order valence-electron chi connectivity index (χ0n) is 31.5. The van der Waals surface area contributed by atoms with E-state index in [2.05, 4.69) is 34.9 Å². The van der Waals surface area contributed by atoms with Crippen molar-refractivity contribution in [1.29, 1.82) is 0 Å². The highest BCUT2D eigenvalue weighted by Crippen LogP contribution is 2.49. The Morgan fingerprint density at radius 3 is 1.68 bits per heavy atom. The molecule has 5 aromatic rings. The molecule has 0 atom stereocenters. The van der Waals surface area contributed by atoms with Crippen molar-refractivity contribution in [2.24, 2.45) is 30.7 Å². The Hall–Kier alpha value is -7.29. The number of rotatable bonds is 16. The Balaban J connectivity index is 1.68. The Kier molecular flexibility index (Phi) is 13.5. The third-order valence-corrected chi connectivity index (χ3v) is 12.9. The molecule has 0 bridgehead atoms. The normalized spacial score (nSPS) is 13.0. The van der Waals surface area contributed by atoms with Crippen molar-refractivity contribution in [2.45, 2.75) is 19.6 Å². The highest BCUT2D eigenvalue weighted by atomic mass is 32.3. The molecule has 350 valence electrons. The first-order valence-electron chi connectivity index (χ1n) is 16.5. The van der Waals surface area contributed by atoms with Gasteiger partial charge in [0.25, 0.3) is 36.0 Å². The molecule has 31 nitrogen and oxygen atoms in total. The van der Waals surface area contributed by atoms with E-state index in [0.717, 1.165) is 12.1 Å². The van der Waals surface area contributed by atoms with Crippen LogP contribution < -0.4 is 0 Å². The van der Waals surface area contributed by atoms with Crippen LogP contribution in [0.4, 0.5) is 45.5 Å². The van der Waals surface area contributed by atoms with E-state index in [1.165, 1.54) is 0 Å². The van der Waals surface area contributed by atoms with Crippen molar-refractivity contribution in [3.63, 3.8) is 0 Å². The lowest BCUT2D eigenvalue weighted by Crippen LogP contribution is -2.16. The molecule has 0 amide bonds. The number of non-ortho nitro benzene ring substituents is 1. The van der Waals surface area contributed by atoms with Crippen LogP contribution in [-0.2, 0) is 54.8 Å². The van der Waals surface area contributed by atoms with E-state index < -0.39 is 172 Å². The average molecular weight is 1020 g/mol. The van der Waals surface area contributed by atoms with Crippen LogP contribution in [0.25, 0.3) is 10.8 Å². The van der Waals surface area contributed by atoms with Gasteiger partial charge in [0.15, 0.2) is 27.0 Å². The van der Waals surface area contributed by atoms with Gasteiger partial charge in [0.05, 0.1) is 49.1 Å². The van der Waals surface area contributed by atoms with E-state index >= 15 is 0 Å². The Morgan fingerprint density at radius 2 is 1.11 bits per heavy atom. The second-order valence-corrected chi connectivity index (χ2v) is 19.9. The van der Waals surface area contributed by atoms with E-state index in [0.29, 0.717) is 48.5 Å². The fourth-order valence-electron chi connectivity index (χ4n) is 5.27. The van der Waals surface area contributed by atoms with Crippen LogP contribution in [0.5, 0.6) is 23.0 Å². The van der Waals surface area contributed by atoms with Crippen molar-refractivity contribution in [3.8, 4) is 23.0 Å². The summed E-state index contributed by atoms with van der Waals surface area (Å²) in [5, 5.41) is 85.2. The SMILES string of the molecule is O=[N+]([O-])c1cc(/N=N/c2c(O)ccc(/N=N\c3cc(S(=O)(=O)O)cc4cc(S(=O)(=O)O)c(/N=N/c5ccc(S(=O)(=O)CCOS(=O)(=O)O)cc5S(=O)(=O)O)c(O)c34)c2O)c(O)c([N+](=O)[O-])c1. The fourth-order valence-corrected chi connectivity index (χ4v) is 8.70. The lowest BCUT2D eigenvalue weighted by Gasteiger charge is -2.12. The topological polar surface area (TPSA) is 502 Å². The van der Waals surface area contributed by atoms with Gasteiger partial charge in [-0.05, 0) is 53.9 Å². The number of fused-ring (bicyclic) bond motifs is 1. The number of hydrogen-bond donors (Lipinski definition) is 8. The molecule has 0 aliphatic carbocycles. The molecule has 66 heavy (non-hydrogen) atoms. The van der Waals surface area contributed by atoms with Gasteiger partial charge in [-0.25, -0.2) is 12.6 Å². The lowest BCUT2D eigenvalue weighted by atomic mass is 10.1. The maximum atomic E-state index is 12.7. The number of phenols is 4. The second-order valence-electron chi connectivity index (χ2n) is 12.5. The minimum atomic E-state index is -5.57. The Bertz CT molecular complexity index is 3580. The van der Waals surface area contributed by atoms with Gasteiger partial charge in [-0.1, -0.05) is 0 Å².